The van der Waals surface area contributed by atoms with Crippen LogP contribution in [0.1, 0.15) is 15.9 Å². The lowest BCUT2D eigenvalue weighted by molar-refractivity contribution is 0.0696. The van der Waals surface area contributed by atoms with Crippen molar-refractivity contribution in [2.75, 3.05) is 0 Å². The number of rotatable bonds is 4. The van der Waals surface area contributed by atoms with Crippen molar-refractivity contribution >= 4 is 40.9 Å². The second kappa shape index (κ2) is 6.43. The minimum absolute atomic E-state index is 0.0363. The summed E-state index contributed by atoms with van der Waals surface area (Å²) < 4.78 is 13.6. The Bertz CT molecular complexity index is 667. The van der Waals surface area contributed by atoms with Crippen LogP contribution in [0.15, 0.2) is 35.4 Å². The van der Waals surface area contributed by atoms with Gasteiger partial charge < -0.3 is 5.11 Å². The molecule has 1 aromatic carbocycles. The van der Waals surface area contributed by atoms with Gasteiger partial charge in [0.25, 0.3) is 0 Å². The molecule has 0 aliphatic rings. The summed E-state index contributed by atoms with van der Waals surface area (Å²) in [5.41, 5.74) is 0.732. The Morgan fingerprint density at radius 2 is 2.10 bits per heavy atom. The van der Waals surface area contributed by atoms with Crippen LogP contribution < -0.4 is 0 Å². The maximum Gasteiger partial charge on any atom is 0.335 e. The molecule has 0 unspecified atom stereocenters. The number of carboxylic acids is 1. The number of aromatic nitrogens is 1. The van der Waals surface area contributed by atoms with E-state index in [0.717, 1.165) is 17.8 Å². The van der Waals surface area contributed by atoms with Gasteiger partial charge in [0.2, 0.25) is 0 Å². The highest BCUT2D eigenvalue weighted by Crippen LogP contribution is 2.29. The van der Waals surface area contributed by atoms with E-state index in [1.807, 2.05) is 0 Å². The van der Waals surface area contributed by atoms with Gasteiger partial charge in [0.15, 0.2) is 0 Å². The molecule has 0 spiro atoms. The molecule has 2 aromatic rings. The van der Waals surface area contributed by atoms with E-state index in [0.29, 0.717) is 16.3 Å². The molecular formula is C13H8Cl2FNO2S. The van der Waals surface area contributed by atoms with Gasteiger partial charge in [-0.15, -0.1) is 11.8 Å². The number of nitrogens with zero attached hydrogens (tertiary/aromatic N) is 1. The second-order valence-corrected chi connectivity index (χ2v) is 5.65. The Morgan fingerprint density at radius 1 is 1.35 bits per heavy atom. The molecule has 20 heavy (non-hydrogen) atoms. The third kappa shape index (κ3) is 3.62. The predicted octanol–water partition coefficient (Wildman–Crippen LogP) is 4.52. The molecule has 0 radical (unpaired) electrons. The summed E-state index contributed by atoms with van der Waals surface area (Å²) in [6, 6.07) is 5.15. The van der Waals surface area contributed by atoms with Crippen LogP contribution in [0.2, 0.25) is 10.2 Å². The monoisotopic (exact) mass is 331 g/mol. The number of benzene rings is 1. The van der Waals surface area contributed by atoms with Crippen molar-refractivity contribution in [2.45, 2.75) is 10.6 Å². The molecule has 1 N–H and O–H groups in total. The lowest BCUT2D eigenvalue weighted by atomic mass is 10.2. The van der Waals surface area contributed by atoms with Gasteiger partial charge in [-0.25, -0.2) is 14.2 Å². The number of carbonyl (C=O) groups is 1. The van der Waals surface area contributed by atoms with Gasteiger partial charge in [0.05, 0.1) is 5.56 Å². The van der Waals surface area contributed by atoms with Crippen molar-refractivity contribution in [3.05, 3.63) is 57.6 Å². The third-order valence-electron chi connectivity index (χ3n) is 2.46. The zero-order chi connectivity index (χ0) is 14.7. The zero-order valence-electron chi connectivity index (χ0n) is 9.94. The number of hydrogen-bond donors (Lipinski definition) is 1. The first kappa shape index (κ1) is 15.1. The fraction of sp³-hybridized carbons (Fsp3) is 0.0769. The van der Waals surface area contributed by atoms with Crippen molar-refractivity contribution in [1.29, 1.82) is 0 Å². The van der Waals surface area contributed by atoms with Crippen LogP contribution >= 0.6 is 35.0 Å². The van der Waals surface area contributed by atoms with E-state index >= 15 is 0 Å². The Balaban J connectivity index is 2.18. The molecule has 2 rings (SSSR count). The maximum absolute atomic E-state index is 13.6. The van der Waals surface area contributed by atoms with Crippen LogP contribution in [-0.4, -0.2) is 16.1 Å². The van der Waals surface area contributed by atoms with Crippen LogP contribution in [0.25, 0.3) is 0 Å². The fourth-order valence-electron chi connectivity index (χ4n) is 1.44. The van der Waals surface area contributed by atoms with Crippen LogP contribution in [0, 0.1) is 5.82 Å². The first-order chi connectivity index (χ1) is 9.47. The Labute approximate surface area is 128 Å². The molecule has 0 aliphatic heterocycles. The standard InChI is InChI=1S/C13H8Cl2FNO2S/c14-9-4-12(15)17-5-8(9)6-20-11-3-7(13(18)19)1-2-10(11)16/h1-5H,6H2,(H,18,19). The van der Waals surface area contributed by atoms with E-state index < -0.39 is 11.8 Å². The zero-order valence-corrected chi connectivity index (χ0v) is 12.3. The minimum atomic E-state index is -1.10. The van der Waals surface area contributed by atoms with Gasteiger partial charge >= 0.3 is 5.97 Å². The summed E-state index contributed by atoms with van der Waals surface area (Å²) in [5.74, 6) is -1.21. The van der Waals surface area contributed by atoms with E-state index in [4.69, 9.17) is 28.3 Å². The largest absolute Gasteiger partial charge is 0.478 e. The Hall–Kier alpha value is -1.30. The molecule has 0 atom stereocenters. The molecule has 104 valence electrons. The summed E-state index contributed by atoms with van der Waals surface area (Å²) in [7, 11) is 0. The Morgan fingerprint density at radius 3 is 2.75 bits per heavy atom. The SMILES string of the molecule is O=C(O)c1ccc(F)c(SCc2cnc(Cl)cc2Cl)c1. The van der Waals surface area contributed by atoms with E-state index in [9.17, 15) is 9.18 Å². The van der Waals surface area contributed by atoms with Gasteiger partial charge in [-0.2, -0.15) is 0 Å². The van der Waals surface area contributed by atoms with Crippen molar-refractivity contribution in [1.82, 2.24) is 4.98 Å². The first-order valence-corrected chi connectivity index (χ1v) is 7.17. The highest BCUT2D eigenvalue weighted by Gasteiger charge is 2.10. The number of aromatic carboxylic acids is 1. The van der Waals surface area contributed by atoms with Crippen molar-refractivity contribution in [3.63, 3.8) is 0 Å². The molecule has 1 heterocycles. The summed E-state index contributed by atoms with van der Waals surface area (Å²) in [5, 5.41) is 9.60. The van der Waals surface area contributed by atoms with E-state index in [2.05, 4.69) is 4.98 Å². The molecule has 0 saturated carbocycles. The van der Waals surface area contributed by atoms with E-state index in [1.165, 1.54) is 24.4 Å². The minimum Gasteiger partial charge on any atom is -0.478 e. The molecule has 0 fully saturated rings. The number of hydrogen-bond acceptors (Lipinski definition) is 3. The lowest BCUT2D eigenvalue weighted by Gasteiger charge is -2.06. The van der Waals surface area contributed by atoms with Crippen molar-refractivity contribution < 1.29 is 14.3 Å². The van der Waals surface area contributed by atoms with Crippen LogP contribution in [0.3, 0.4) is 0 Å². The quantitative estimate of drug-likeness (QED) is 0.661. The van der Waals surface area contributed by atoms with Gasteiger partial charge in [-0.1, -0.05) is 23.2 Å². The van der Waals surface area contributed by atoms with Gasteiger partial charge in [0.1, 0.15) is 11.0 Å². The predicted molar refractivity (Wildman–Crippen MR) is 77.2 cm³/mol. The first-order valence-electron chi connectivity index (χ1n) is 5.43. The lowest BCUT2D eigenvalue weighted by Crippen LogP contribution is -1.97. The number of pyridine rings is 1. The summed E-state index contributed by atoms with van der Waals surface area (Å²) in [4.78, 5) is 15.0. The average Bonchev–Trinajstić information content (AvgIpc) is 2.39. The normalized spacial score (nSPS) is 10.6. The third-order valence-corrected chi connectivity index (χ3v) is 4.10. The van der Waals surface area contributed by atoms with E-state index in [1.54, 1.807) is 0 Å². The highest BCUT2D eigenvalue weighted by atomic mass is 35.5. The number of halogens is 3. The molecule has 3 nitrogen and oxygen atoms in total. The van der Waals surface area contributed by atoms with Gasteiger partial charge in [0, 0.05) is 21.9 Å². The number of thioether (sulfide) groups is 1. The second-order valence-electron chi connectivity index (χ2n) is 3.84. The summed E-state index contributed by atoms with van der Waals surface area (Å²) >= 11 is 12.8. The highest BCUT2D eigenvalue weighted by molar-refractivity contribution is 7.98. The summed E-state index contributed by atoms with van der Waals surface area (Å²) in [6.07, 6.45) is 1.51. The average molecular weight is 332 g/mol. The maximum atomic E-state index is 13.6. The van der Waals surface area contributed by atoms with Gasteiger partial charge in [-0.05, 0) is 29.8 Å². The molecular weight excluding hydrogens is 324 g/mol. The molecule has 0 bridgehead atoms. The molecule has 0 saturated heterocycles. The smallest absolute Gasteiger partial charge is 0.335 e. The molecule has 0 amide bonds. The van der Waals surface area contributed by atoms with Gasteiger partial charge in [-0.3, -0.25) is 0 Å². The number of carboxylic acid groups (broad SMARTS) is 1. The molecule has 1 aromatic heterocycles. The molecule has 0 aliphatic carbocycles. The van der Waals surface area contributed by atoms with E-state index in [-0.39, 0.29) is 15.6 Å². The Kier molecular flexibility index (Phi) is 4.86. The summed E-state index contributed by atoms with van der Waals surface area (Å²) in [6.45, 7) is 0. The van der Waals surface area contributed by atoms with Crippen LogP contribution in [-0.2, 0) is 5.75 Å². The van der Waals surface area contributed by atoms with Crippen LogP contribution in [0.4, 0.5) is 4.39 Å². The topological polar surface area (TPSA) is 50.2 Å². The van der Waals surface area contributed by atoms with Crippen molar-refractivity contribution in [2.24, 2.45) is 0 Å². The van der Waals surface area contributed by atoms with Crippen LogP contribution in [0.5, 0.6) is 0 Å². The fourth-order valence-corrected chi connectivity index (χ4v) is 2.91. The molecule has 7 heteroatoms. The van der Waals surface area contributed by atoms with Crippen molar-refractivity contribution in [3.8, 4) is 0 Å².